The van der Waals surface area contributed by atoms with Gasteiger partial charge in [-0.2, -0.15) is 0 Å². The molecule has 0 unspecified atom stereocenters. The number of nitrogens with one attached hydrogen (secondary N) is 1. The van der Waals surface area contributed by atoms with Gasteiger partial charge in [0, 0.05) is 22.3 Å². The van der Waals surface area contributed by atoms with Gasteiger partial charge in [0.25, 0.3) is 0 Å². The van der Waals surface area contributed by atoms with Crippen molar-refractivity contribution in [3.8, 4) is 5.75 Å². The Bertz CT molecular complexity index is 936. The molecule has 0 aliphatic heterocycles. The van der Waals surface area contributed by atoms with Crippen molar-refractivity contribution < 1.29 is 4.74 Å². The number of hydrogen-bond donors (Lipinski definition) is 1. The molecule has 0 aromatic heterocycles. The van der Waals surface area contributed by atoms with Crippen LogP contribution in [0.25, 0.3) is 0 Å². The molecule has 0 spiro atoms. The maximum absolute atomic E-state index is 6.39. The number of ether oxygens (including phenoxy) is 1. The first kappa shape index (κ1) is 20.2. The van der Waals surface area contributed by atoms with Crippen LogP contribution in [0.5, 0.6) is 5.75 Å². The summed E-state index contributed by atoms with van der Waals surface area (Å²) in [6.45, 7) is 2.87. The Kier molecular flexibility index (Phi) is 6.78. The zero-order valence-corrected chi connectivity index (χ0v) is 17.6. The van der Waals surface area contributed by atoms with Gasteiger partial charge in [0.1, 0.15) is 6.61 Å². The second-order valence-corrected chi connectivity index (χ2v) is 7.73. The molecule has 6 heteroatoms. The molecule has 0 bridgehead atoms. The number of rotatable bonds is 6. The van der Waals surface area contributed by atoms with E-state index in [0.29, 0.717) is 34.0 Å². The van der Waals surface area contributed by atoms with Gasteiger partial charge in [-0.1, -0.05) is 64.6 Å². The molecular weight excluding hydrogens is 424 g/mol. The second kappa shape index (κ2) is 9.07. The smallest absolute Gasteiger partial charge is 0.156 e. The summed E-state index contributed by atoms with van der Waals surface area (Å²) in [5, 5.41) is 5.66. The minimum atomic E-state index is 0.333. The molecule has 3 aromatic carbocycles. The van der Waals surface area contributed by atoms with E-state index in [-0.39, 0.29) is 0 Å². The Morgan fingerprint density at radius 3 is 2.22 bits per heavy atom. The van der Waals surface area contributed by atoms with Crippen molar-refractivity contribution in [3.05, 3.63) is 91.4 Å². The van der Waals surface area contributed by atoms with Crippen LogP contribution in [-0.2, 0) is 13.2 Å². The summed E-state index contributed by atoms with van der Waals surface area (Å²) in [7, 11) is 0. The van der Waals surface area contributed by atoms with Crippen LogP contribution in [-0.4, -0.2) is 0 Å². The van der Waals surface area contributed by atoms with Gasteiger partial charge in [-0.3, -0.25) is 0 Å². The predicted octanol–water partition coefficient (Wildman–Crippen LogP) is 7.80. The van der Waals surface area contributed by atoms with Crippen LogP contribution in [0.3, 0.4) is 0 Å². The quantitative estimate of drug-likeness (QED) is 0.422. The van der Waals surface area contributed by atoms with E-state index in [9.17, 15) is 0 Å². The number of anilines is 1. The lowest BCUT2D eigenvalue weighted by molar-refractivity contribution is 0.306. The highest BCUT2D eigenvalue weighted by Crippen LogP contribution is 2.35. The third-order valence-corrected chi connectivity index (χ3v) is 5.29. The molecule has 27 heavy (non-hydrogen) atoms. The zero-order chi connectivity index (χ0) is 19.4. The van der Waals surface area contributed by atoms with Gasteiger partial charge in [-0.05, 0) is 60.0 Å². The SMILES string of the molecule is Cc1c(Cl)cccc1NCc1cc(Cl)c(OCc2cccc(Cl)c2)c(Cl)c1. The summed E-state index contributed by atoms with van der Waals surface area (Å²) in [5.41, 5.74) is 3.85. The van der Waals surface area contributed by atoms with Crippen molar-refractivity contribution in [1.82, 2.24) is 0 Å². The molecule has 1 N–H and O–H groups in total. The van der Waals surface area contributed by atoms with Gasteiger partial charge in [-0.15, -0.1) is 0 Å². The largest absolute Gasteiger partial charge is 0.486 e. The molecule has 0 aliphatic rings. The average molecular weight is 441 g/mol. The summed E-state index contributed by atoms with van der Waals surface area (Å²) in [4.78, 5) is 0. The van der Waals surface area contributed by atoms with E-state index in [2.05, 4.69) is 5.32 Å². The van der Waals surface area contributed by atoms with Crippen LogP contribution in [0.1, 0.15) is 16.7 Å². The summed E-state index contributed by atoms with van der Waals surface area (Å²) in [5.74, 6) is 0.459. The normalized spacial score (nSPS) is 10.7. The van der Waals surface area contributed by atoms with Crippen molar-refractivity contribution in [2.75, 3.05) is 5.32 Å². The molecule has 0 aliphatic carbocycles. The Morgan fingerprint density at radius 1 is 0.815 bits per heavy atom. The molecule has 2 nitrogen and oxygen atoms in total. The molecule has 0 amide bonds. The summed E-state index contributed by atoms with van der Waals surface area (Å²) >= 11 is 24.9. The lowest BCUT2D eigenvalue weighted by Gasteiger charge is -2.14. The molecule has 0 atom stereocenters. The van der Waals surface area contributed by atoms with Crippen molar-refractivity contribution in [2.45, 2.75) is 20.1 Å². The summed E-state index contributed by atoms with van der Waals surface area (Å²) < 4.78 is 5.80. The van der Waals surface area contributed by atoms with Crippen LogP contribution >= 0.6 is 46.4 Å². The minimum Gasteiger partial charge on any atom is -0.486 e. The molecule has 3 rings (SSSR count). The Labute approximate surface area is 179 Å². The van der Waals surface area contributed by atoms with Gasteiger partial charge in [0.05, 0.1) is 10.0 Å². The minimum absolute atomic E-state index is 0.333. The number of halogens is 4. The van der Waals surface area contributed by atoms with Crippen molar-refractivity contribution >= 4 is 52.1 Å². The second-order valence-electron chi connectivity index (χ2n) is 6.07. The fourth-order valence-electron chi connectivity index (χ4n) is 2.63. The third-order valence-electron chi connectivity index (χ3n) is 4.08. The molecule has 3 aromatic rings. The Hall–Kier alpha value is -1.58. The van der Waals surface area contributed by atoms with Crippen LogP contribution < -0.4 is 10.1 Å². The van der Waals surface area contributed by atoms with Gasteiger partial charge in [0.2, 0.25) is 0 Å². The van der Waals surface area contributed by atoms with Crippen LogP contribution in [0.2, 0.25) is 20.1 Å². The van der Waals surface area contributed by atoms with Crippen LogP contribution in [0.15, 0.2) is 54.6 Å². The lowest BCUT2D eigenvalue weighted by atomic mass is 10.1. The first-order chi connectivity index (χ1) is 12.9. The molecule has 0 heterocycles. The van der Waals surface area contributed by atoms with E-state index in [4.69, 9.17) is 51.1 Å². The lowest BCUT2D eigenvalue weighted by Crippen LogP contribution is -2.02. The maximum Gasteiger partial charge on any atom is 0.156 e. The van der Waals surface area contributed by atoms with E-state index < -0.39 is 0 Å². The third kappa shape index (κ3) is 5.24. The maximum atomic E-state index is 6.39. The molecule has 140 valence electrons. The van der Waals surface area contributed by atoms with Crippen LogP contribution in [0, 0.1) is 6.92 Å². The Morgan fingerprint density at radius 2 is 1.52 bits per heavy atom. The van der Waals surface area contributed by atoms with E-state index in [0.717, 1.165) is 27.4 Å². The molecule has 0 saturated heterocycles. The molecule has 0 radical (unpaired) electrons. The molecule has 0 fully saturated rings. The highest BCUT2D eigenvalue weighted by molar-refractivity contribution is 6.37. The summed E-state index contributed by atoms with van der Waals surface area (Å²) in [6.07, 6.45) is 0. The number of hydrogen-bond acceptors (Lipinski definition) is 2. The zero-order valence-electron chi connectivity index (χ0n) is 14.5. The first-order valence-electron chi connectivity index (χ1n) is 8.28. The Balaban J connectivity index is 1.70. The summed E-state index contributed by atoms with van der Waals surface area (Å²) in [6, 6.07) is 16.9. The van der Waals surface area contributed by atoms with Gasteiger partial charge >= 0.3 is 0 Å². The van der Waals surface area contributed by atoms with Crippen LogP contribution in [0.4, 0.5) is 5.69 Å². The van der Waals surface area contributed by atoms with E-state index in [1.54, 1.807) is 0 Å². The highest BCUT2D eigenvalue weighted by Gasteiger charge is 2.11. The van der Waals surface area contributed by atoms with E-state index in [1.807, 2.05) is 61.5 Å². The molecular formula is C21H17Cl4NO. The highest BCUT2D eigenvalue weighted by atomic mass is 35.5. The average Bonchev–Trinajstić information content (AvgIpc) is 2.62. The fraction of sp³-hybridized carbons (Fsp3) is 0.143. The first-order valence-corrected chi connectivity index (χ1v) is 9.79. The predicted molar refractivity (Wildman–Crippen MR) is 116 cm³/mol. The van der Waals surface area contributed by atoms with Crippen molar-refractivity contribution in [1.29, 1.82) is 0 Å². The van der Waals surface area contributed by atoms with Crippen molar-refractivity contribution in [3.63, 3.8) is 0 Å². The van der Waals surface area contributed by atoms with E-state index >= 15 is 0 Å². The fourth-order valence-corrected chi connectivity index (χ4v) is 3.66. The van der Waals surface area contributed by atoms with Crippen molar-refractivity contribution in [2.24, 2.45) is 0 Å². The standard InChI is InChI=1S/C21H17Cl4NO/c1-13-17(23)6-3-7-20(13)26-11-15-9-18(24)21(19(25)10-15)27-12-14-4-2-5-16(22)8-14/h2-10,26H,11-12H2,1H3. The van der Waals surface area contributed by atoms with Gasteiger partial charge in [0.15, 0.2) is 5.75 Å². The molecule has 0 saturated carbocycles. The van der Waals surface area contributed by atoms with Gasteiger partial charge < -0.3 is 10.1 Å². The topological polar surface area (TPSA) is 21.3 Å². The van der Waals surface area contributed by atoms with Gasteiger partial charge in [-0.25, -0.2) is 0 Å². The number of benzene rings is 3. The van der Waals surface area contributed by atoms with E-state index in [1.165, 1.54) is 0 Å². The monoisotopic (exact) mass is 439 g/mol.